The smallest absolute Gasteiger partial charge is 0.312 e. The summed E-state index contributed by atoms with van der Waals surface area (Å²) in [4.78, 5) is 24.9. The molecule has 1 fully saturated rings. The number of morpholine rings is 1. The number of hydrogen-bond acceptors (Lipinski definition) is 5. The summed E-state index contributed by atoms with van der Waals surface area (Å²) in [6.07, 6.45) is -0.330. The molecule has 0 spiro atoms. The first-order chi connectivity index (χ1) is 12.4. The molecule has 2 aromatic rings. The van der Waals surface area contributed by atoms with Crippen LogP contribution in [-0.2, 0) is 16.1 Å². The van der Waals surface area contributed by atoms with E-state index >= 15 is 0 Å². The molecule has 1 saturated heterocycles. The Hall–Kier alpha value is -2.81. The molecule has 1 atom stereocenters. The van der Waals surface area contributed by atoms with Gasteiger partial charge in [-0.05, 0) is 31.5 Å². The molecule has 9 heteroatoms. The lowest BCUT2D eigenvalue weighted by atomic mass is 10.1. The number of carbonyl (C=O) groups excluding carboxylic acids is 1. The standard InChI is InChI=1S/C17H19FN4O4/c1-11-17(22(24)25)12(2)21(19-11)10-16(23)20-7-8-26-15(9-20)13-3-5-14(18)6-4-13/h3-6,15H,7-10H2,1-2H3. The highest BCUT2D eigenvalue weighted by atomic mass is 19.1. The van der Waals surface area contributed by atoms with Gasteiger partial charge in [0.25, 0.3) is 0 Å². The highest BCUT2D eigenvalue weighted by Gasteiger charge is 2.28. The first-order valence-electron chi connectivity index (χ1n) is 8.20. The summed E-state index contributed by atoms with van der Waals surface area (Å²) in [5, 5.41) is 15.2. The Morgan fingerprint density at radius 2 is 2.08 bits per heavy atom. The molecule has 0 N–H and O–H groups in total. The van der Waals surface area contributed by atoms with Crippen LogP contribution in [0.1, 0.15) is 23.1 Å². The molecule has 26 heavy (non-hydrogen) atoms. The van der Waals surface area contributed by atoms with E-state index in [1.165, 1.54) is 16.8 Å². The van der Waals surface area contributed by atoms with Gasteiger partial charge in [0.15, 0.2) is 0 Å². The Bertz CT molecular complexity index is 834. The molecule has 1 aliphatic rings. The van der Waals surface area contributed by atoms with Crippen LogP contribution in [0.5, 0.6) is 0 Å². The zero-order valence-electron chi connectivity index (χ0n) is 14.5. The minimum atomic E-state index is -0.488. The van der Waals surface area contributed by atoms with Gasteiger partial charge in [0, 0.05) is 6.54 Å². The maximum absolute atomic E-state index is 13.1. The third kappa shape index (κ3) is 3.57. The second-order valence-corrected chi connectivity index (χ2v) is 6.18. The van der Waals surface area contributed by atoms with Crippen LogP contribution < -0.4 is 0 Å². The highest BCUT2D eigenvalue weighted by Crippen LogP contribution is 2.24. The lowest BCUT2D eigenvalue weighted by Crippen LogP contribution is -2.43. The van der Waals surface area contributed by atoms with Gasteiger partial charge in [-0.15, -0.1) is 0 Å². The van der Waals surface area contributed by atoms with Crippen molar-refractivity contribution in [3.8, 4) is 0 Å². The maximum Gasteiger partial charge on any atom is 0.312 e. The number of nitrogens with zero attached hydrogens (tertiary/aromatic N) is 4. The van der Waals surface area contributed by atoms with Crippen molar-refractivity contribution in [2.24, 2.45) is 0 Å². The van der Waals surface area contributed by atoms with E-state index in [1.807, 2.05) is 0 Å². The highest BCUT2D eigenvalue weighted by molar-refractivity contribution is 5.76. The summed E-state index contributed by atoms with van der Waals surface area (Å²) in [6.45, 7) is 4.18. The molecule has 8 nitrogen and oxygen atoms in total. The van der Waals surface area contributed by atoms with E-state index in [1.54, 1.807) is 30.9 Å². The second-order valence-electron chi connectivity index (χ2n) is 6.18. The van der Waals surface area contributed by atoms with Crippen molar-refractivity contribution in [1.29, 1.82) is 0 Å². The summed E-state index contributed by atoms with van der Waals surface area (Å²) in [6, 6.07) is 5.99. The van der Waals surface area contributed by atoms with Gasteiger partial charge in [-0.3, -0.25) is 19.6 Å². The number of carbonyl (C=O) groups is 1. The van der Waals surface area contributed by atoms with Gasteiger partial charge in [-0.1, -0.05) is 12.1 Å². The molecule has 1 aliphatic heterocycles. The minimum absolute atomic E-state index is 0.0658. The first kappa shape index (κ1) is 18.0. The molecular formula is C17H19FN4O4. The van der Waals surface area contributed by atoms with Gasteiger partial charge >= 0.3 is 5.69 Å². The quantitative estimate of drug-likeness (QED) is 0.614. The predicted molar refractivity (Wildman–Crippen MR) is 90.0 cm³/mol. The van der Waals surface area contributed by atoms with Crippen molar-refractivity contribution in [1.82, 2.24) is 14.7 Å². The molecule has 3 rings (SSSR count). The van der Waals surface area contributed by atoms with Crippen LogP contribution in [0.25, 0.3) is 0 Å². The molecule has 0 radical (unpaired) electrons. The zero-order chi connectivity index (χ0) is 18.8. The molecule has 1 amide bonds. The number of rotatable bonds is 4. The van der Waals surface area contributed by atoms with E-state index in [4.69, 9.17) is 4.74 Å². The number of amides is 1. The summed E-state index contributed by atoms with van der Waals surface area (Å²) in [7, 11) is 0. The van der Waals surface area contributed by atoms with E-state index in [0.717, 1.165) is 5.56 Å². The van der Waals surface area contributed by atoms with Crippen molar-refractivity contribution in [3.05, 3.63) is 57.1 Å². The lowest BCUT2D eigenvalue weighted by Gasteiger charge is -2.33. The monoisotopic (exact) mass is 362 g/mol. The molecule has 0 bridgehead atoms. The van der Waals surface area contributed by atoms with Gasteiger partial charge in [-0.25, -0.2) is 4.39 Å². The van der Waals surface area contributed by atoms with Crippen molar-refractivity contribution in [2.75, 3.05) is 19.7 Å². The fraction of sp³-hybridized carbons (Fsp3) is 0.412. The number of aromatic nitrogens is 2. The number of nitro groups is 1. The molecular weight excluding hydrogens is 343 g/mol. The number of benzene rings is 1. The SMILES string of the molecule is Cc1nn(CC(=O)N2CCOC(c3ccc(F)cc3)C2)c(C)c1[N+](=O)[O-]. The topological polar surface area (TPSA) is 90.5 Å². The summed E-state index contributed by atoms with van der Waals surface area (Å²) >= 11 is 0. The number of ether oxygens (including phenoxy) is 1. The van der Waals surface area contributed by atoms with E-state index in [-0.39, 0.29) is 35.8 Å². The summed E-state index contributed by atoms with van der Waals surface area (Å²) in [5.74, 6) is -0.524. The number of aryl methyl sites for hydroxylation is 1. The molecule has 2 heterocycles. The summed E-state index contributed by atoms with van der Waals surface area (Å²) in [5.41, 5.74) is 1.37. The largest absolute Gasteiger partial charge is 0.370 e. The summed E-state index contributed by atoms with van der Waals surface area (Å²) < 4.78 is 20.1. The van der Waals surface area contributed by atoms with Gasteiger partial charge in [0.2, 0.25) is 5.91 Å². The van der Waals surface area contributed by atoms with Crippen LogP contribution in [-0.4, -0.2) is 45.2 Å². The van der Waals surface area contributed by atoms with Crippen LogP contribution in [0.4, 0.5) is 10.1 Å². The maximum atomic E-state index is 13.1. The average Bonchev–Trinajstić information content (AvgIpc) is 2.89. The van der Waals surface area contributed by atoms with Gasteiger partial charge in [0.1, 0.15) is 29.9 Å². The fourth-order valence-corrected chi connectivity index (χ4v) is 3.09. The number of hydrogen-bond donors (Lipinski definition) is 0. The Kier molecular flexibility index (Phi) is 4.99. The van der Waals surface area contributed by atoms with E-state index < -0.39 is 4.92 Å². The third-order valence-electron chi connectivity index (χ3n) is 4.47. The molecule has 1 aromatic heterocycles. The van der Waals surface area contributed by atoms with E-state index in [0.29, 0.717) is 25.4 Å². The minimum Gasteiger partial charge on any atom is -0.370 e. The lowest BCUT2D eigenvalue weighted by molar-refractivity contribution is -0.386. The fourth-order valence-electron chi connectivity index (χ4n) is 3.09. The van der Waals surface area contributed by atoms with Crippen molar-refractivity contribution >= 4 is 11.6 Å². The van der Waals surface area contributed by atoms with Crippen LogP contribution in [0.15, 0.2) is 24.3 Å². The Morgan fingerprint density at radius 1 is 1.38 bits per heavy atom. The van der Waals surface area contributed by atoms with Crippen LogP contribution in [0, 0.1) is 29.8 Å². The molecule has 1 aromatic carbocycles. The molecule has 0 aliphatic carbocycles. The molecule has 138 valence electrons. The average molecular weight is 362 g/mol. The molecule has 1 unspecified atom stereocenters. The Balaban J connectivity index is 1.71. The van der Waals surface area contributed by atoms with Crippen molar-refractivity contribution < 1.29 is 18.8 Å². The molecule has 0 saturated carbocycles. The van der Waals surface area contributed by atoms with Crippen molar-refractivity contribution in [2.45, 2.75) is 26.5 Å². The second kappa shape index (κ2) is 7.20. The normalized spacial score (nSPS) is 17.3. The van der Waals surface area contributed by atoms with E-state index in [2.05, 4.69) is 5.10 Å². The van der Waals surface area contributed by atoms with Crippen LogP contribution in [0.2, 0.25) is 0 Å². The Labute approximate surface area is 149 Å². The van der Waals surface area contributed by atoms with Crippen LogP contribution >= 0.6 is 0 Å². The van der Waals surface area contributed by atoms with Crippen LogP contribution in [0.3, 0.4) is 0 Å². The van der Waals surface area contributed by atoms with Gasteiger partial charge < -0.3 is 9.64 Å². The third-order valence-corrected chi connectivity index (χ3v) is 4.47. The van der Waals surface area contributed by atoms with Gasteiger partial charge in [0.05, 0.1) is 18.1 Å². The van der Waals surface area contributed by atoms with Crippen molar-refractivity contribution in [3.63, 3.8) is 0 Å². The van der Waals surface area contributed by atoms with Gasteiger partial charge in [-0.2, -0.15) is 5.10 Å². The Morgan fingerprint density at radius 3 is 2.69 bits per heavy atom. The van der Waals surface area contributed by atoms with E-state index in [9.17, 15) is 19.3 Å². The first-order valence-corrected chi connectivity index (χ1v) is 8.20. The predicted octanol–water partition coefficient (Wildman–Crippen LogP) is 2.15. The number of halogens is 1. The zero-order valence-corrected chi connectivity index (χ0v) is 14.5.